The first-order chi connectivity index (χ1) is 9.74. The standard InChI is InChI=1S/C13H14FN5S/c1-2-11-18-13(20-19-11)15-6-5-12-16-9-4-3-8(14)7-10(9)17-12/h3-4,7H,2,5-6H2,1H3,(H,16,17)(H,15,18,19). The Bertz CT molecular complexity index is 720. The molecule has 7 heteroatoms. The van der Waals surface area contributed by atoms with Crippen LogP contribution in [0.3, 0.4) is 0 Å². The second kappa shape index (κ2) is 5.54. The summed E-state index contributed by atoms with van der Waals surface area (Å²) in [6.07, 6.45) is 1.56. The molecule has 5 nitrogen and oxygen atoms in total. The Morgan fingerprint density at radius 3 is 3.05 bits per heavy atom. The van der Waals surface area contributed by atoms with Crippen molar-refractivity contribution in [3.05, 3.63) is 35.7 Å². The SMILES string of the molecule is CCc1nsc(NCCc2nc3ccc(F)cc3[nH]2)n1. The fourth-order valence-electron chi connectivity index (χ4n) is 1.91. The lowest BCUT2D eigenvalue weighted by Crippen LogP contribution is -2.05. The largest absolute Gasteiger partial charge is 0.360 e. The van der Waals surface area contributed by atoms with E-state index in [2.05, 4.69) is 24.6 Å². The molecule has 0 atom stereocenters. The maximum Gasteiger partial charge on any atom is 0.202 e. The first-order valence-corrected chi connectivity index (χ1v) is 7.22. The summed E-state index contributed by atoms with van der Waals surface area (Å²) in [6.45, 7) is 2.74. The molecule has 104 valence electrons. The van der Waals surface area contributed by atoms with Gasteiger partial charge in [-0.1, -0.05) is 6.92 Å². The molecule has 0 saturated carbocycles. The predicted molar refractivity (Wildman–Crippen MR) is 77.5 cm³/mol. The molecule has 0 aliphatic heterocycles. The Labute approximate surface area is 119 Å². The third kappa shape index (κ3) is 2.77. The van der Waals surface area contributed by atoms with E-state index in [1.807, 2.05) is 6.92 Å². The highest BCUT2D eigenvalue weighted by atomic mass is 32.1. The minimum Gasteiger partial charge on any atom is -0.360 e. The lowest BCUT2D eigenvalue weighted by molar-refractivity contribution is 0.629. The fourth-order valence-corrected chi connectivity index (χ4v) is 2.58. The summed E-state index contributed by atoms with van der Waals surface area (Å²) in [5.74, 6) is 1.43. The highest BCUT2D eigenvalue weighted by Crippen LogP contribution is 2.14. The van der Waals surface area contributed by atoms with Crippen LogP contribution in [0, 0.1) is 5.82 Å². The second-order valence-electron chi connectivity index (χ2n) is 4.39. The first-order valence-electron chi connectivity index (χ1n) is 6.45. The number of nitrogens with zero attached hydrogens (tertiary/aromatic N) is 3. The number of halogens is 1. The molecule has 0 amide bonds. The van der Waals surface area contributed by atoms with Crippen molar-refractivity contribution in [3.63, 3.8) is 0 Å². The number of H-pyrrole nitrogens is 1. The van der Waals surface area contributed by atoms with Gasteiger partial charge < -0.3 is 10.3 Å². The third-order valence-corrected chi connectivity index (χ3v) is 3.63. The van der Waals surface area contributed by atoms with Crippen LogP contribution in [-0.4, -0.2) is 25.9 Å². The Kier molecular flexibility index (Phi) is 3.60. The van der Waals surface area contributed by atoms with E-state index in [1.165, 1.54) is 23.7 Å². The summed E-state index contributed by atoms with van der Waals surface area (Å²) < 4.78 is 17.3. The van der Waals surface area contributed by atoms with Crippen molar-refractivity contribution >= 4 is 27.7 Å². The molecule has 2 heterocycles. The smallest absolute Gasteiger partial charge is 0.202 e. The van der Waals surface area contributed by atoms with E-state index in [-0.39, 0.29) is 5.82 Å². The molecular weight excluding hydrogens is 277 g/mol. The van der Waals surface area contributed by atoms with Crippen LogP contribution in [0.25, 0.3) is 11.0 Å². The van der Waals surface area contributed by atoms with Crippen LogP contribution in [0.15, 0.2) is 18.2 Å². The van der Waals surface area contributed by atoms with Gasteiger partial charge in [0.2, 0.25) is 5.13 Å². The van der Waals surface area contributed by atoms with Crippen molar-refractivity contribution in [2.45, 2.75) is 19.8 Å². The van der Waals surface area contributed by atoms with Crippen LogP contribution in [0.4, 0.5) is 9.52 Å². The van der Waals surface area contributed by atoms with E-state index in [1.54, 1.807) is 6.07 Å². The number of aromatic amines is 1. The normalized spacial score (nSPS) is 11.1. The molecule has 1 aromatic carbocycles. The predicted octanol–water partition coefficient (Wildman–Crippen LogP) is 2.77. The number of aryl methyl sites for hydroxylation is 1. The average molecular weight is 291 g/mol. The van der Waals surface area contributed by atoms with Crippen LogP contribution in [0.1, 0.15) is 18.6 Å². The molecule has 0 unspecified atom stereocenters. The molecule has 2 aromatic heterocycles. The summed E-state index contributed by atoms with van der Waals surface area (Å²) in [6, 6.07) is 4.55. The van der Waals surface area contributed by atoms with Gasteiger partial charge in [0.1, 0.15) is 17.5 Å². The summed E-state index contributed by atoms with van der Waals surface area (Å²) in [5, 5.41) is 4.04. The van der Waals surface area contributed by atoms with Crippen molar-refractivity contribution in [2.75, 3.05) is 11.9 Å². The highest BCUT2D eigenvalue weighted by molar-refractivity contribution is 7.09. The minimum absolute atomic E-state index is 0.258. The number of fused-ring (bicyclic) bond motifs is 1. The Balaban J connectivity index is 1.62. The maximum absolute atomic E-state index is 13.1. The zero-order valence-corrected chi connectivity index (χ0v) is 11.8. The molecule has 0 saturated heterocycles. The molecule has 0 spiro atoms. The first kappa shape index (κ1) is 13.0. The quantitative estimate of drug-likeness (QED) is 0.758. The number of hydrogen-bond acceptors (Lipinski definition) is 5. The summed E-state index contributed by atoms with van der Waals surface area (Å²) in [7, 11) is 0. The Hall–Kier alpha value is -2.02. The molecule has 0 radical (unpaired) electrons. The van der Waals surface area contributed by atoms with Gasteiger partial charge in [-0.25, -0.2) is 14.4 Å². The number of nitrogens with one attached hydrogen (secondary N) is 2. The molecule has 3 aromatic rings. The van der Waals surface area contributed by atoms with Gasteiger partial charge in [0.25, 0.3) is 0 Å². The molecule has 0 bridgehead atoms. The monoisotopic (exact) mass is 291 g/mol. The average Bonchev–Trinajstić information content (AvgIpc) is 3.04. The number of anilines is 1. The minimum atomic E-state index is -0.258. The van der Waals surface area contributed by atoms with Gasteiger partial charge in [0.15, 0.2) is 0 Å². The fraction of sp³-hybridized carbons (Fsp3) is 0.308. The molecular formula is C13H14FN5S. The van der Waals surface area contributed by atoms with Crippen LogP contribution < -0.4 is 5.32 Å². The molecule has 20 heavy (non-hydrogen) atoms. The van der Waals surface area contributed by atoms with Gasteiger partial charge in [-0.2, -0.15) is 4.37 Å². The number of aromatic nitrogens is 4. The van der Waals surface area contributed by atoms with E-state index >= 15 is 0 Å². The number of imidazole rings is 1. The van der Waals surface area contributed by atoms with Gasteiger partial charge >= 0.3 is 0 Å². The van der Waals surface area contributed by atoms with E-state index < -0.39 is 0 Å². The molecule has 0 fully saturated rings. The number of hydrogen-bond donors (Lipinski definition) is 2. The van der Waals surface area contributed by atoms with Gasteiger partial charge in [0, 0.05) is 30.9 Å². The van der Waals surface area contributed by atoms with Crippen LogP contribution >= 0.6 is 11.5 Å². The third-order valence-electron chi connectivity index (χ3n) is 2.92. The van der Waals surface area contributed by atoms with Crippen molar-refractivity contribution in [2.24, 2.45) is 0 Å². The van der Waals surface area contributed by atoms with Crippen molar-refractivity contribution < 1.29 is 4.39 Å². The Morgan fingerprint density at radius 2 is 2.25 bits per heavy atom. The van der Waals surface area contributed by atoms with Gasteiger partial charge in [0.05, 0.1) is 11.0 Å². The lowest BCUT2D eigenvalue weighted by atomic mass is 10.3. The van der Waals surface area contributed by atoms with E-state index in [4.69, 9.17) is 0 Å². The maximum atomic E-state index is 13.1. The summed E-state index contributed by atoms with van der Waals surface area (Å²) >= 11 is 1.36. The van der Waals surface area contributed by atoms with Gasteiger partial charge in [-0.15, -0.1) is 0 Å². The summed E-state index contributed by atoms with van der Waals surface area (Å²) in [5.41, 5.74) is 1.51. The van der Waals surface area contributed by atoms with Gasteiger partial charge in [-0.05, 0) is 18.2 Å². The highest BCUT2D eigenvalue weighted by Gasteiger charge is 2.05. The number of benzene rings is 1. The number of rotatable bonds is 5. The van der Waals surface area contributed by atoms with Crippen LogP contribution in [0.2, 0.25) is 0 Å². The topological polar surface area (TPSA) is 66.5 Å². The van der Waals surface area contributed by atoms with Crippen molar-refractivity contribution in [1.82, 2.24) is 19.3 Å². The molecule has 0 aliphatic rings. The van der Waals surface area contributed by atoms with Crippen LogP contribution in [0.5, 0.6) is 0 Å². The van der Waals surface area contributed by atoms with E-state index in [9.17, 15) is 4.39 Å². The zero-order valence-electron chi connectivity index (χ0n) is 11.0. The molecule has 3 rings (SSSR count). The lowest BCUT2D eigenvalue weighted by Gasteiger charge is -1.98. The van der Waals surface area contributed by atoms with Gasteiger partial charge in [-0.3, -0.25) is 0 Å². The zero-order chi connectivity index (χ0) is 13.9. The Morgan fingerprint density at radius 1 is 1.35 bits per heavy atom. The molecule has 2 N–H and O–H groups in total. The van der Waals surface area contributed by atoms with E-state index in [0.29, 0.717) is 6.54 Å². The van der Waals surface area contributed by atoms with Crippen molar-refractivity contribution in [1.29, 1.82) is 0 Å². The second-order valence-corrected chi connectivity index (χ2v) is 5.14. The van der Waals surface area contributed by atoms with E-state index in [0.717, 1.165) is 40.7 Å². The van der Waals surface area contributed by atoms with Crippen LogP contribution in [-0.2, 0) is 12.8 Å². The van der Waals surface area contributed by atoms with Crippen molar-refractivity contribution in [3.8, 4) is 0 Å². The molecule has 0 aliphatic carbocycles. The summed E-state index contributed by atoms with van der Waals surface area (Å²) in [4.78, 5) is 11.9.